The molecule has 2 aliphatic heterocycles. The molecule has 3 N–H and O–H groups in total. The van der Waals surface area contributed by atoms with Crippen molar-refractivity contribution in [1.29, 1.82) is 0 Å². The molecule has 0 saturated carbocycles. The van der Waals surface area contributed by atoms with Crippen LogP contribution in [-0.4, -0.2) is 9.97 Å². The highest BCUT2D eigenvalue weighted by Gasteiger charge is 2.00. The van der Waals surface area contributed by atoms with Crippen LogP contribution in [0.1, 0.15) is 0 Å². The molecule has 0 aromatic carbocycles. The van der Waals surface area contributed by atoms with E-state index in [1.54, 1.807) is 12.4 Å². The number of hydrogen-bond donors (Lipinski definition) is 2. The van der Waals surface area contributed by atoms with Crippen LogP contribution in [0.4, 0.5) is 5.82 Å². The summed E-state index contributed by atoms with van der Waals surface area (Å²) in [4.78, 5) is 6.94. The van der Waals surface area contributed by atoms with Crippen molar-refractivity contribution in [3.05, 3.63) is 24.5 Å². The number of nitrogens with two attached hydrogens (primary N) is 1. The number of rotatable bonds is 0. The van der Waals surface area contributed by atoms with Crippen LogP contribution in [0.25, 0.3) is 11.3 Å². The second kappa shape index (κ2) is 1.73. The van der Waals surface area contributed by atoms with Gasteiger partial charge in [-0.15, -0.1) is 0 Å². The molecule has 0 bridgehead atoms. The summed E-state index contributed by atoms with van der Waals surface area (Å²) in [7, 11) is 0. The summed E-state index contributed by atoms with van der Waals surface area (Å²) >= 11 is 0. The third-order valence-corrected chi connectivity index (χ3v) is 1.45. The van der Waals surface area contributed by atoms with Crippen LogP contribution in [-0.2, 0) is 0 Å². The summed E-state index contributed by atoms with van der Waals surface area (Å²) in [5.41, 5.74) is 7.58. The molecular weight excluding hydrogens is 126 g/mol. The van der Waals surface area contributed by atoms with E-state index in [9.17, 15) is 0 Å². The molecule has 0 atom stereocenters. The van der Waals surface area contributed by atoms with Gasteiger partial charge in [0.15, 0.2) is 0 Å². The number of nitrogens with one attached hydrogen (secondary N) is 1. The fraction of sp³-hybridized carbons (Fsp3) is 0. The van der Waals surface area contributed by atoms with Gasteiger partial charge in [0.05, 0.1) is 11.9 Å². The van der Waals surface area contributed by atoms with Crippen molar-refractivity contribution < 1.29 is 0 Å². The fourth-order valence-corrected chi connectivity index (χ4v) is 0.950. The third-order valence-electron chi connectivity index (χ3n) is 1.45. The van der Waals surface area contributed by atoms with E-state index in [1.807, 2.05) is 12.1 Å². The first-order chi connectivity index (χ1) is 4.86. The number of H-pyrrole nitrogens is 1. The molecule has 3 nitrogen and oxygen atoms in total. The van der Waals surface area contributed by atoms with Crippen molar-refractivity contribution >= 4 is 5.82 Å². The summed E-state index contributed by atoms with van der Waals surface area (Å²) in [5, 5.41) is 0. The van der Waals surface area contributed by atoms with Gasteiger partial charge in [0.1, 0.15) is 5.82 Å². The maximum atomic E-state index is 5.50. The molecule has 0 fully saturated rings. The van der Waals surface area contributed by atoms with Crippen molar-refractivity contribution in [3.63, 3.8) is 0 Å². The number of pyridine rings is 1. The first-order valence-electron chi connectivity index (χ1n) is 3.04. The molecule has 0 aliphatic carbocycles. The van der Waals surface area contributed by atoms with Gasteiger partial charge in [0.2, 0.25) is 0 Å². The van der Waals surface area contributed by atoms with Gasteiger partial charge in [0.25, 0.3) is 0 Å². The number of hydrogen-bond acceptors (Lipinski definition) is 2. The smallest absolute Gasteiger partial charge is 0.101 e. The zero-order chi connectivity index (χ0) is 6.97. The van der Waals surface area contributed by atoms with Crippen molar-refractivity contribution in [1.82, 2.24) is 9.97 Å². The average molecular weight is 133 g/mol. The van der Waals surface area contributed by atoms with Gasteiger partial charge in [-0.05, 0) is 12.1 Å². The molecule has 0 unspecified atom stereocenters. The van der Waals surface area contributed by atoms with Crippen LogP contribution in [0.15, 0.2) is 24.5 Å². The standard InChI is InChI=1S/C7H7N3/c8-7-2-1-5-3-9-4-6(5)10-7/h1-4,10H,8H2. The van der Waals surface area contributed by atoms with E-state index < -0.39 is 0 Å². The Morgan fingerprint density at radius 3 is 3.10 bits per heavy atom. The molecular formula is C7H7N3. The molecule has 10 heavy (non-hydrogen) atoms. The van der Waals surface area contributed by atoms with Gasteiger partial charge in [0, 0.05) is 11.8 Å². The molecule has 0 aromatic rings. The molecule has 0 amide bonds. The van der Waals surface area contributed by atoms with Gasteiger partial charge < -0.3 is 10.7 Å². The Morgan fingerprint density at radius 2 is 2.20 bits per heavy atom. The predicted octanol–water partition coefficient (Wildman–Crippen LogP) is 1.10. The summed E-state index contributed by atoms with van der Waals surface area (Å²) in [6.07, 6.45) is 3.55. The first-order valence-corrected chi connectivity index (χ1v) is 3.04. The lowest BCUT2D eigenvalue weighted by Crippen LogP contribution is -1.90. The molecule has 0 aromatic heterocycles. The van der Waals surface area contributed by atoms with Crippen LogP contribution in [0.5, 0.6) is 0 Å². The SMILES string of the molecule is Nc1ccc2cncc-2[nH]1. The highest BCUT2D eigenvalue weighted by atomic mass is 14.9. The average Bonchev–Trinajstić information content (AvgIpc) is 2.33. The Labute approximate surface area is 58.2 Å². The second-order valence-electron chi connectivity index (χ2n) is 2.19. The molecule has 3 heteroatoms. The lowest BCUT2D eigenvalue weighted by atomic mass is 10.2. The molecule has 0 radical (unpaired) electrons. The summed E-state index contributed by atoms with van der Waals surface area (Å²) in [5.74, 6) is 0.667. The van der Waals surface area contributed by atoms with E-state index in [4.69, 9.17) is 5.73 Å². The van der Waals surface area contributed by atoms with E-state index in [0.29, 0.717) is 5.82 Å². The monoisotopic (exact) mass is 133 g/mol. The highest BCUT2D eigenvalue weighted by Crippen LogP contribution is 2.18. The Morgan fingerprint density at radius 1 is 1.30 bits per heavy atom. The van der Waals surface area contributed by atoms with E-state index >= 15 is 0 Å². The van der Waals surface area contributed by atoms with Gasteiger partial charge >= 0.3 is 0 Å². The van der Waals surface area contributed by atoms with E-state index in [2.05, 4.69) is 9.97 Å². The molecule has 2 heterocycles. The lowest BCUT2D eigenvalue weighted by molar-refractivity contribution is 1.33. The Balaban J connectivity index is 2.75. The van der Waals surface area contributed by atoms with Crippen molar-refractivity contribution in [2.24, 2.45) is 0 Å². The highest BCUT2D eigenvalue weighted by molar-refractivity contribution is 5.61. The second-order valence-corrected chi connectivity index (χ2v) is 2.19. The minimum absolute atomic E-state index is 0.667. The molecule has 0 spiro atoms. The van der Waals surface area contributed by atoms with Crippen molar-refractivity contribution in [2.75, 3.05) is 5.73 Å². The van der Waals surface area contributed by atoms with Crippen molar-refractivity contribution in [3.8, 4) is 11.3 Å². The van der Waals surface area contributed by atoms with Crippen LogP contribution < -0.4 is 5.73 Å². The van der Waals surface area contributed by atoms with E-state index in [-0.39, 0.29) is 0 Å². The van der Waals surface area contributed by atoms with Crippen LogP contribution >= 0.6 is 0 Å². The first kappa shape index (κ1) is 5.29. The normalized spacial score (nSPS) is 10.4. The number of aromatic nitrogens is 2. The topological polar surface area (TPSA) is 54.7 Å². The zero-order valence-corrected chi connectivity index (χ0v) is 5.33. The molecule has 50 valence electrons. The van der Waals surface area contributed by atoms with E-state index in [1.165, 1.54) is 0 Å². The summed E-state index contributed by atoms with van der Waals surface area (Å²) in [6, 6.07) is 3.76. The fourth-order valence-electron chi connectivity index (χ4n) is 0.950. The quantitative estimate of drug-likeness (QED) is 0.565. The Bertz CT molecular complexity index is 313. The van der Waals surface area contributed by atoms with Crippen molar-refractivity contribution in [2.45, 2.75) is 0 Å². The summed E-state index contributed by atoms with van der Waals surface area (Å²) < 4.78 is 0. The lowest BCUT2D eigenvalue weighted by Gasteiger charge is -1.97. The minimum atomic E-state index is 0.667. The van der Waals surface area contributed by atoms with Gasteiger partial charge in [-0.25, -0.2) is 0 Å². The maximum Gasteiger partial charge on any atom is 0.101 e. The van der Waals surface area contributed by atoms with Gasteiger partial charge in [-0.3, -0.25) is 4.98 Å². The maximum absolute atomic E-state index is 5.50. The molecule has 2 rings (SSSR count). The molecule has 0 saturated heterocycles. The van der Waals surface area contributed by atoms with E-state index in [0.717, 1.165) is 11.3 Å². The summed E-state index contributed by atoms with van der Waals surface area (Å²) in [6.45, 7) is 0. The number of fused-ring (bicyclic) bond motifs is 1. The largest absolute Gasteiger partial charge is 0.385 e. The Kier molecular flexibility index (Phi) is 0.917. The predicted molar refractivity (Wildman–Crippen MR) is 39.6 cm³/mol. The Hall–Kier alpha value is -1.51. The van der Waals surface area contributed by atoms with Gasteiger partial charge in [-0.1, -0.05) is 0 Å². The minimum Gasteiger partial charge on any atom is -0.385 e. The number of aromatic amines is 1. The van der Waals surface area contributed by atoms with Crippen LogP contribution in [0.3, 0.4) is 0 Å². The number of nitrogen functional groups attached to an aromatic ring is 1. The number of nitrogens with zero attached hydrogens (tertiary/aromatic N) is 1. The molecule has 2 aliphatic rings. The van der Waals surface area contributed by atoms with Crippen LogP contribution in [0.2, 0.25) is 0 Å². The number of anilines is 1. The zero-order valence-electron chi connectivity index (χ0n) is 5.33. The van der Waals surface area contributed by atoms with Crippen LogP contribution in [0, 0.1) is 0 Å². The third kappa shape index (κ3) is 0.639. The van der Waals surface area contributed by atoms with Gasteiger partial charge in [-0.2, -0.15) is 0 Å².